The summed E-state index contributed by atoms with van der Waals surface area (Å²) in [5.74, 6) is -0.440. The highest BCUT2D eigenvalue weighted by atomic mass is 19.2. The van der Waals surface area contributed by atoms with Crippen LogP contribution in [0, 0.1) is 10.1 Å². The van der Waals surface area contributed by atoms with Crippen molar-refractivity contribution in [2.75, 3.05) is 14.1 Å². The highest BCUT2D eigenvalue weighted by Gasteiger charge is 2.04. The summed E-state index contributed by atoms with van der Waals surface area (Å²) in [7, 11) is 2.85. The van der Waals surface area contributed by atoms with Crippen LogP contribution in [0.15, 0.2) is 5.10 Å². The van der Waals surface area contributed by atoms with Crippen molar-refractivity contribution < 1.29 is 9.51 Å². The molecular formula is C3H7FN4O2. The summed E-state index contributed by atoms with van der Waals surface area (Å²) < 4.78 is 11.5. The predicted octanol–water partition coefficient (Wildman–Crippen LogP) is -0.430. The number of nitrogens with zero attached hydrogens (tertiary/aromatic N) is 3. The highest BCUT2D eigenvalue weighted by molar-refractivity contribution is 5.77. The lowest BCUT2D eigenvalue weighted by Crippen LogP contribution is -2.32. The van der Waals surface area contributed by atoms with Gasteiger partial charge in [0.1, 0.15) is 5.10 Å². The molecule has 0 rings (SSSR count). The normalized spacial score (nSPS) is 10.9. The summed E-state index contributed by atoms with van der Waals surface area (Å²) >= 11 is 0. The van der Waals surface area contributed by atoms with E-state index in [4.69, 9.17) is 0 Å². The van der Waals surface area contributed by atoms with E-state index in [-0.39, 0.29) is 0 Å². The van der Waals surface area contributed by atoms with E-state index in [1.165, 1.54) is 14.1 Å². The van der Waals surface area contributed by atoms with Crippen LogP contribution in [-0.4, -0.2) is 30.0 Å². The molecule has 10 heavy (non-hydrogen) atoms. The zero-order valence-corrected chi connectivity index (χ0v) is 5.54. The van der Waals surface area contributed by atoms with Gasteiger partial charge in [-0.25, -0.2) is 10.1 Å². The molecule has 0 heterocycles. The molecule has 1 N–H and O–H groups in total. The van der Waals surface area contributed by atoms with E-state index in [9.17, 15) is 14.6 Å². The van der Waals surface area contributed by atoms with E-state index in [1.54, 1.807) is 0 Å². The summed E-state index contributed by atoms with van der Waals surface area (Å²) in [5, 5.41) is 11.3. The van der Waals surface area contributed by atoms with E-state index in [0.29, 0.717) is 0 Å². The molecule has 0 aromatic carbocycles. The summed E-state index contributed by atoms with van der Waals surface area (Å²) in [6.07, 6.45) is 0. The van der Waals surface area contributed by atoms with Crippen LogP contribution >= 0.6 is 0 Å². The average molecular weight is 150 g/mol. The van der Waals surface area contributed by atoms with Crippen LogP contribution in [0.3, 0.4) is 0 Å². The Balaban J connectivity index is 4.18. The van der Waals surface area contributed by atoms with Crippen molar-refractivity contribution in [3.8, 4) is 0 Å². The summed E-state index contributed by atoms with van der Waals surface area (Å²) in [4.78, 5) is 10.8. The summed E-state index contributed by atoms with van der Waals surface area (Å²) in [6, 6.07) is 0. The maximum atomic E-state index is 11.5. The number of nitrogens with one attached hydrogen (secondary N) is 1. The lowest BCUT2D eigenvalue weighted by molar-refractivity contribution is -0.486. The van der Waals surface area contributed by atoms with Gasteiger partial charge < -0.3 is 4.90 Å². The van der Waals surface area contributed by atoms with Gasteiger partial charge in [-0.2, -0.15) is 5.54 Å². The monoisotopic (exact) mass is 150 g/mol. The number of halogens is 1. The maximum absolute atomic E-state index is 11.5. The molecule has 0 saturated heterocycles. The second-order valence-electron chi connectivity index (χ2n) is 1.65. The molecule has 0 saturated carbocycles. The fourth-order valence-corrected chi connectivity index (χ4v) is 0.270. The lowest BCUT2D eigenvalue weighted by Gasteiger charge is -2.07. The van der Waals surface area contributed by atoms with Crippen LogP contribution in [0.2, 0.25) is 0 Å². The molecule has 0 fully saturated rings. The third-order valence-corrected chi connectivity index (χ3v) is 0.684. The minimum absolute atomic E-state index is 0.440. The first kappa shape index (κ1) is 8.60. The molecule has 7 heteroatoms. The van der Waals surface area contributed by atoms with Crippen LogP contribution in [0.5, 0.6) is 0 Å². The summed E-state index contributed by atoms with van der Waals surface area (Å²) in [5.41, 5.74) is 1.07. The Hall–Kier alpha value is -1.40. The number of hydrogen-bond donors (Lipinski definition) is 1. The van der Waals surface area contributed by atoms with Crippen LogP contribution in [-0.2, 0) is 0 Å². The summed E-state index contributed by atoms with van der Waals surface area (Å²) in [6.45, 7) is 0. The first-order chi connectivity index (χ1) is 4.57. The number of hydrogen-bond acceptors (Lipinski definition) is 2. The SMILES string of the molecule is CN(C)/C(=N\[N+](=O)[O-])NF. The van der Waals surface area contributed by atoms with E-state index in [0.717, 1.165) is 10.4 Å². The van der Waals surface area contributed by atoms with Crippen molar-refractivity contribution in [3.63, 3.8) is 0 Å². The molecule has 0 amide bonds. The molecule has 0 aliphatic rings. The number of hydrazone groups is 1. The second-order valence-corrected chi connectivity index (χ2v) is 1.65. The maximum Gasteiger partial charge on any atom is 0.298 e. The zero-order chi connectivity index (χ0) is 8.15. The predicted molar refractivity (Wildman–Crippen MR) is 32.4 cm³/mol. The first-order valence-corrected chi connectivity index (χ1v) is 2.35. The van der Waals surface area contributed by atoms with Crippen LogP contribution < -0.4 is 5.54 Å². The molecule has 0 aromatic rings. The topological polar surface area (TPSA) is 70.8 Å². The van der Waals surface area contributed by atoms with Gasteiger partial charge in [-0.3, -0.25) is 0 Å². The average Bonchev–Trinajstić information content (AvgIpc) is 1.81. The molecule has 0 spiro atoms. The molecule has 0 bridgehead atoms. The van der Waals surface area contributed by atoms with Gasteiger partial charge in [0.2, 0.25) is 0 Å². The van der Waals surface area contributed by atoms with Crippen LogP contribution in [0.4, 0.5) is 4.48 Å². The van der Waals surface area contributed by atoms with Crippen LogP contribution in [0.25, 0.3) is 0 Å². The van der Waals surface area contributed by atoms with Gasteiger partial charge in [-0.1, -0.05) is 4.48 Å². The van der Waals surface area contributed by atoms with Gasteiger partial charge in [-0.15, -0.1) is 0 Å². The van der Waals surface area contributed by atoms with Crippen molar-refractivity contribution in [1.82, 2.24) is 10.4 Å². The Morgan fingerprint density at radius 1 is 1.80 bits per heavy atom. The van der Waals surface area contributed by atoms with E-state index in [1.807, 2.05) is 0 Å². The quantitative estimate of drug-likeness (QED) is 0.181. The van der Waals surface area contributed by atoms with Gasteiger partial charge in [0.25, 0.3) is 5.96 Å². The molecule has 6 nitrogen and oxygen atoms in total. The third-order valence-electron chi connectivity index (χ3n) is 0.684. The van der Waals surface area contributed by atoms with E-state index < -0.39 is 11.0 Å². The molecule has 0 aliphatic carbocycles. The molecule has 0 unspecified atom stereocenters. The fraction of sp³-hybridized carbons (Fsp3) is 0.667. The number of guanidine groups is 1. The standard InChI is InChI=1S/C3H7FN4O2/c1-7(2)3(5-4)6-8(9)10/h1-2H3,(H,5,6). The second kappa shape index (κ2) is 3.59. The first-order valence-electron chi connectivity index (χ1n) is 2.35. The van der Waals surface area contributed by atoms with E-state index in [2.05, 4.69) is 5.10 Å². The van der Waals surface area contributed by atoms with Gasteiger partial charge in [0.05, 0.1) is 0 Å². The van der Waals surface area contributed by atoms with Gasteiger partial charge in [0, 0.05) is 14.1 Å². The Morgan fingerprint density at radius 2 is 2.30 bits per heavy atom. The Labute approximate surface area is 56.4 Å². The Morgan fingerprint density at radius 3 is 2.40 bits per heavy atom. The lowest BCUT2D eigenvalue weighted by atomic mass is 10.8. The molecule has 0 atom stereocenters. The van der Waals surface area contributed by atoms with Crippen molar-refractivity contribution in [1.29, 1.82) is 0 Å². The highest BCUT2D eigenvalue weighted by Crippen LogP contribution is 1.80. The third kappa shape index (κ3) is 2.80. The van der Waals surface area contributed by atoms with Crippen molar-refractivity contribution >= 4 is 5.96 Å². The largest absolute Gasteiger partial charge is 0.342 e. The smallest absolute Gasteiger partial charge is 0.298 e. The molecule has 0 aliphatic heterocycles. The Kier molecular flexibility index (Phi) is 3.09. The minimum atomic E-state index is -0.984. The Bertz CT molecular complexity index is 157. The molecule has 58 valence electrons. The number of nitro groups is 1. The van der Waals surface area contributed by atoms with Crippen LogP contribution in [0.1, 0.15) is 0 Å². The minimum Gasteiger partial charge on any atom is -0.342 e. The van der Waals surface area contributed by atoms with Gasteiger partial charge in [-0.05, 0) is 0 Å². The zero-order valence-electron chi connectivity index (χ0n) is 5.54. The number of rotatable bonds is 1. The molecular weight excluding hydrogens is 143 g/mol. The fourth-order valence-electron chi connectivity index (χ4n) is 0.270. The molecule has 0 aromatic heterocycles. The molecule has 0 radical (unpaired) electrons. The van der Waals surface area contributed by atoms with Gasteiger partial charge >= 0.3 is 0 Å². The van der Waals surface area contributed by atoms with E-state index >= 15 is 0 Å². The van der Waals surface area contributed by atoms with Crippen molar-refractivity contribution in [3.05, 3.63) is 10.1 Å². The van der Waals surface area contributed by atoms with Crippen molar-refractivity contribution in [2.24, 2.45) is 5.10 Å². The van der Waals surface area contributed by atoms with Gasteiger partial charge in [0.15, 0.2) is 5.03 Å². The van der Waals surface area contributed by atoms with Crippen molar-refractivity contribution in [2.45, 2.75) is 0 Å².